The standard InChI is InChI=1S/C20H21N3O4/c1-3-13(2)21-19(25)14-8-10-15(11-9-14)22-18(24)12-23-16-6-4-5-7-17(16)27-20(23)26/h4-11,13H,3,12H2,1-2H3,(H,21,25)(H,22,24)/t13-/m1/s1. The first-order chi connectivity index (χ1) is 13.0. The van der Waals surface area contributed by atoms with Gasteiger partial charge in [-0.2, -0.15) is 0 Å². The summed E-state index contributed by atoms with van der Waals surface area (Å²) in [6.45, 7) is 3.78. The quantitative estimate of drug-likeness (QED) is 0.701. The Balaban J connectivity index is 1.66. The first-order valence-electron chi connectivity index (χ1n) is 8.77. The monoisotopic (exact) mass is 367 g/mol. The van der Waals surface area contributed by atoms with Gasteiger partial charge in [0.2, 0.25) is 5.91 Å². The molecule has 0 bridgehead atoms. The highest BCUT2D eigenvalue weighted by Crippen LogP contribution is 2.13. The molecule has 3 rings (SSSR count). The number of fused-ring (bicyclic) bond motifs is 1. The molecule has 7 heteroatoms. The first kappa shape index (κ1) is 18.4. The molecule has 0 aliphatic carbocycles. The molecule has 1 atom stereocenters. The third-order valence-corrected chi connectivity index (χ3v) is 4.30. The van der Waals surface area contributed by atoms with Crippen molar-refractivity contribution in [3.63, 3.8) is 0 Å². The van der Waals surface area contributed by atoms with Gasteiger partial charge < -0.3 is 15.1 Å². The molecule has 7 nitrogen and oxygen atoms in total. The van der Waals surface area contributed by atoms with Crippen molar-refractivity contribution in [3.8, 4) is 0 Å². The normalized spacial score (nSPS) is 11.9. The van der Waals surface area contributed by atoms with Crippen molar-refractivity contribution in [1.82, 2.24) is 9.88 Å². The van der Waals surface area contributed by atoms with Crippen molar-refractivity contribution < 1.29 is 14.0 Å². The molecule has 0 aliphatic heterocycles. The van der Waals surface area contributed by atoms with E-state index in [9.17, 15) is 14.4 Å². The maximum Gasteiger partial charge on any atom is 0.420 e. The molecule has 2 N–H and O–H groups in total. The fourth-order valence-corrected chi connectivity index (χ4v) is 2.62. The number of hydrogen-bond donors (Lipinski definition) is 2. The molecule has 0 aliphatic rings. The van der Waals surface area contributed by atoms with Crippen LogP contribution < -0.4 is 16.4 Å². The Morgan fingerprint density at radius 3 is 2.52 bits per heavy atom. The van der Waals surface area contributed by atoms with Crippen LogP contribution in [0.5, 0.6) is 0 Å². The van der Waals surface area contributed by atoms with Gasteiger partial charge in [-0.25, -0.2) is 4.79 Å². The molecule has 3 aromatic rings. The van der Waals surface area contributed by atoms with E-state index in [0.717, 1.165) is 6.42 Å². The molecule has 2 aromatic carbocycles. The van der Waals surface area contributed by atoms with Crippen LogP contribution in [0.2, 0.25) is 0 Å². The van der Waals surface area contributed by atoms with E-state index in [4.69, 9.17) is 4.42 Å². The Hall–Kier alpha value is -3.35. The van der Waals surface area contributed by atoms with Gasteiger partial charge in [0.15, 0.2) is 5.58 Å². The molecule has 140 valence electrons. The van der Waals surface area contributed by atoms with E-state index in [1.807, 2.05) is 13.8 Å². The van der Waals surface area contributed by atoms with Crippen molar-refractivity contribution in [1.29, 1.82) is 0 Å². The molecule has 0 unspecified atom stereocenters. The van der Waals surface area contributed by atoms with Crippen molar-refractivity contribution in [2.24, 2.45) is 0 Å². The van der Waals surface area contributed by atoms with Crippen molar-refractivity contribution in [2.45, 2.75) is 32.9 Å². The number of nitrogens with one attached hydrogen (secondary N) is 2. The third-order valence-electron chi connectivity index (χ3n) is 4.30. The lowest BCUT2D eigenvalue weighted by Crippen LogP contribution is -2.31. The number of nitrogens with zero attached hydrogens (tertiary/aromatic N) is 1. The fraction of sp³-hybridized carbons (Fsp3) is 0.250. The SMILES string of the molecule is CC[C@@H](C)NC(=O)c1ccc(NC(=O)Cn2c(=O)oc3ccccc32)cc1. The van der Waals surface area contributed by atoms with Crippen LogP contribution in [0.25, 0.3) is 11.1 Å². The Kier molecular flexibility index (Phi) is 5.40. The Labute approximate surface area is 156 Å². The van der Waals surface area contributed by atoms with Crippen LogP contribution >= 0.6 is 0 Å². The molecule has 0 fully saturated rings. The number of oxazole rings is 1. The average Bonchev–Trinajstić information content (AvgIpc) is 2.97. The zero-order valence-corrected chi connectivity index (χ0v) is 15.2. The fourth-order valence-electron chi connectivity index (χ4n) is 2.62. The second-order valence-electron chi connectivity index (χ2n) is 6.33. The van der Waals surface area contributed by atoms with Crippen LogP contribution in [-0.2, 0) is 11.3 Å². The second-order valence-corrected chi connectivity index (χ2v) is 6.33. The predicted octanol–water partition coefficient (Wildman–Crippen LogP) is 2.76. The number of para-hydroxylation sites is 2. The summed E-state index contributed by atoms with van der Waals surface area (Å²) in [6, 6.07) is 13.6. The summed E-state index contributed by atoms with van der Waals surface area (Å²) in [7, 11) is 0. The van der Waals surface area contributed by atoms with Crippen LogP contribution in [0.4, 0.5) is 5.69 Å². The van der Waals surface area contributed by atoms with E-state index in [-0.39, 0.29) is 24.4 Å². The number of carbonyl (C=O) groups is 2. The Morgan fingerprint density at radius 2 is 1.81 bits per heavy atom. The van der Waals surface area contributed by atoms with E-state index in [1.165, 1.54) is 4.57 Å². The van der Waals surface area contributed by atoms with Crippen LogP contribution in [0.3, 0.4) is 0 Å². The number of anilines is 1. The summed E-state index contributed by atoms with van der Waals surface area (Å²) in [5, 5.41) is 5.60. The number of hydrogen-bond acceptors (Lipinski definition) is 4. The lowest BCUT2D eigenvalue weighted by molar-refractivity contribution is -0.116. The molecule has 0 spiro atoms. The molecular weight excluding hydrogens is 346 g/mol. The Bertz CT molecular complexity index is 1020. The Morgan fingerprint density at radius 1 is 1.11 bits per heavy atom. The second kappa shape index (κ2) is 7.90. The molecule has 0 saturated heterocycles. The number of carbonyl (C=O) groups excluding carboxylic acids is 2. The van der Waals surface area contributed by atoms with E-state index in [0.29, 0.717) is 22.4 Å². The molecule has 0 radical (unpaired) electrons. The lowest BCUT2D eigenvalue weighted by Gasteiger charge is -2.12. The molecule has 1 aromatic heterocycles. The highest BCUT2D eigenvalue weighted by molar-refractivity contribution is 5.96. The minimum atomic E-state index is -0.580. The number of benzene rings is 2. The van der Waals surface area contributed by atoms with Gasteiger partial charge in [-0.1, -0.05) is 19.1 Å². The third kappa shape index (κ3) is 4.25. The minimum Gasteiger partial charge on any atom is -0.408 e. The van der Waals surface area contributed by atoms with Crippen LogP contribution in [-0.4, -0.2) is 22.4 Å². The number of aromatic nitrogens is 1. The molecule has 1 heterocycles. The molecular formula is C20H21N3O4. The first-order valence-corrected chi connectivity index (χ1v) is 8.77. The maximum atomic E-state index is 12.3. The van der Waals surface area contributed by atoms with Crippen molar-refractivity contribution >= 4 is 28.6 Å². The van der Waals surface area contributed by atoms with Crippen molar-refractivity contribution in [2.75, 3.05) is 5.32 Å². The van der Waals surface area contributed by atoms with Gasteiger partial charge >= 0.3 is 5.76 Å². The average molecular weight is 367 g/mol. The van der Waals surface area contributed by atoms with Crippen LogP contribution in [0, 0.1) is 0 Å². The van der Waals surface area contributed by atoms with E-state index in [1.54, 1.807) is 48.5 Å². The highest BCUT2D eigenvalue weighted by atomic mass is 16.4. The zero-order chi connectivity index (χ0) is 19.4. The van der Waals surface area contributed by atoms with E-state index in [2.05, 4.69) is 10.6 Å². The smallest absolute Gasteiger partial charge is 0.408 e. The maximum absolute atomic E-state index is 12.3. The molecule has 0 saturated carbocycles. The zero-order valence-electron chi connectivity index (χ0n) is 15.2. The minimum absolute atomic E-state index is 0.0972. The highest BCUT2D eigenvalue weighted by Gasteiger charge is 2.13. The van der Waals surface area contributed by atoms with Crippen LogP contribution in [0.15, 0.2) is 57.7 Å². The van der Waals surface area contributed by atoms with E-state index >= 15 is 0 Å². The predicted molar refractivity (Wildman–Crippen MR) is 103 cm³/mol. The number of amides is 2. The summed E-state index contributed by atoms with van der Waals surface area (Å²) in [4.78, 5) is 36.3. The van der Waals surface area contributed by atoms with Gasteiger partial charge in [-0.05, 0) is 49.7 Å². The van der Waals surface area contributed by atoms with E-state index < -0.39 is 5.76 Å². The summed E-state index contributed by atoms with van der Waals surface area (Å²) < 4.78 is 6.39. The summed E-state index contributed by atoms with van der Waals surface area (Å²) in [5.74, 6) is -1.09. The van der Waals surface area contributed by atoms with Gasteiger partial charge in [0.05, 0.1) is 5.52 Å². The van der Waals surface area contributed by atoms with Gasteiger partial charge in [0, 0.05) is 17.3 Å². The largest absolute Gasteiger partial charge is 0.420 e. The van der Waals surface area contributed by atoms with Gasteiger partial charge in [-0.15, -0.1) is 0 Å². The summed E-state index contributed by atoms with van der Waals surface area (Å²) >= 11 is 0. The van der Waals surface area contributed by atoms with Gasteiger partial charge in [0.1, 0.15) is 6.54 Å². The molecule has 27 heavy (non-hydrogen) atoms. The lowest BCUT2D eigenvalue weighted by atomic mass is 10.1. The summed E-state index contributed by atoms with van der Waals surface area (Å²) in [6.07, 6.45) is 0.849. The van der Waals surface area contributed by atoms with Gasteiger partial charge in [-0.3, -0.25) is 14.2 Å². The topological polar surface area (TPSA) is 93.3 Å². The van der Waals surface area contributed by atoms with Gasteiger partial charge in [0.25, 0.3) is 5.91 Å². The van der Waals surface area contributed by atoms with Crippen molar-refractivity contribution in [3.05, 3.63) is 64.6 Å². The summed E-state index contributed by atoms with van der Waals surface area (Å²) in [5.41, 5.74) is 2.06. The molecule has 2 amide bonds. The van der Waals surface area contributed by atoms with Crippen LogP contribution in [0.1, 0.15) is 30.6 Å². The number of rotatable bonds is 6.